The zero-order chi connectivity index (χ0) is 15.5. The Morgan fingerprint density at radius 3 is 2.52 bits per heavy atom. The molecule has 1 saturated carbocycles. The molecule has 2 amide bonds. The fourth-order valence-electron chi connectivity index (χ4n) is 1.94. The Labute approximate surface area is 122 Å². The Morgan fingerprint density at radius 2 is 2.00 bits per heavy atom. The molecule has 0 unspecified atom stereocenters. The van der Waals surface area contributed by atoms with E-state index in [1.165, 1.54) is 14.2 Å². The van der Waals surface area contributed by atoms with Gasteiger partial charge in [-0.2, -0.15) is 0 Å². The third-order valence-electron chi connectivity index (χ3n) is 3.55. The van der Waals surface area contributed by atoms with E-state index < -0.39 is 17.4 Å². The van der Waals surface area contributed by atoms with Crippen LogP contribution in [0.4, 0.5) is 10.5 Å². The zero-order valence-corrected chi connectivity index (χ0v) is 11.9. The molecule has 114 valence electrons. The van der Waals surface area contributed by atoms with Gasteiger partial charge in [-0.15, -0.1) is 0 Å². The van der Waals surface area contributed by atoms with Crippen molar-refractivity contribution >= 4 is 17.7 Å². The molecule has 0 atom stereocenters. The minimum absolute atomic E-state index is 0.112. The number of anilines is 1. The van der Waals surface area contributed by atoms with Gasteiger partial charge in [0.1, 0.15) is 11.5 Å². The lowest BCUT2D eigenvalue weighted by molar-refractivity contribution is -0.143. The molecule has 2 rings (SSSR count). The average molecular weight is 294 g/mol. The lowest BCUT2D eigenvalue weighted by Crippen LogP contribution is -2.36. The molecule has 7 heteroatoms. The van der Waals surface area contributed by atoms with Crippen molar-refractivity contribution in [3.8, 4) is 11.5 Å². The van der Waals surface area contributed by atoms with Gasteiger partial charge in [-0.25, -0.2) is 4.79 Å². The molecule has 1 aliphatic rings. The predicted molar refractivity (Wildman–Crippen MR) is 75.9 cm³/mol. The van der Waals surface area contributed by atoms with E-state index >= 15 is 0 Å². The van der Waals surface area contributed by atoms with Crippen LogP contribution < -0.4 is 20.1 Å². The van der Waals surface area contributed by atoms with E-state index in [9.17, 15) is 9.59 Å². The van der Waals surface area contributed by atoms with Crippen molar-refractivity contribution < 1.29 is 24.2 Å². The maximum Gasteiger partial charge on any atom is 0.319 e. The molecule has 0 radical (unpaired) electrons. The summed E-state index contributed by atoms with van der Waals surface area (Å²) >= 11 is 0. The van der Waals surface area contributed by atoms with Crippen molar-refractivity contribution in [3.63, 3.8) is 0 Å². The molecule has 7 nitrogen and oxygen atoms in total. The van der Waals surface area contributed by atoms with Crippen molar-refractivity contribution in [2.75, 3.05) is 26.1 Å². The van der Waals surface area contributed by atoms with Crippen molar-refractivity contribution in [1.82, 2.24) is 5.32 Å². The van der Waals surface area contributed by atoms with Crippen molar-refractivity contribution in [2.45, 2.75) is 12.8 Å². The molecule has 0 aliphatic heterocycles. The summed E-state index contributed by atoms with van der Waals surface area (Å²) in [5.74, 6) is 0.197. The topological polar surface area (TPSA) is 96.9 Å². The molecule has 21 heavy (non-hydrogen) atoms. The number of hydrogen-bond acceptors (Lipinski definition) is 4. The Hall–Kier alpha value is -2.44. The molecule has 1 fully saturated rings. The quantitative estimate of drug-likeness (QED) is 0.742. The number of carboxylic acids is 1. The number of amides is 2. The number of nitrogens with one attached hydrogen (secondary N) is 2. The molecular formula is C14H18N2O5. The lowest BCUT2D eigenvalue weighted by Gasteiger charge is -2.14. The molecule has 0 aromatic heterocycles. The largest absolute Gasteiger partial charge is 0.497 e. The van der Waals surface area contributed by atoms with Gasteiger partial charge in [0.05, 0.1) is 25.3 Å². The van der Waals surface area contributed by atoms with Crippen molar-refractivity contribution in [1.29, 1.82) is 0 Å². The maximum absolute atomic E-state index is 11.9. The number of methoxy groups -OCH3 is 2. The van der Waals surface area contributed by atoms with E-state index in [4.69, 9.17) is 14.6 Å². The number of carboxylic acid groups (broad SMARTS) is 1. The first kappa shape index (κ1) is 15.0. The van der Waals surface area contributed by atoms with Gasteiger partial charge in [0, 0.05) is 12.6 Å². The van der Waals surface area contributed by atoms with Crippen LogP contribution in [0.25, 0.3) is 0 Å². The zero-order valence-electron chi connectivity index (χ0n) is 11.9. The van der Waals surface area contributed by atoms with Gasteiger partial charge in [0.25, 0.3) is 0 Å². The first-order valence-corrected chi connectivity index (χ1v) is 6.51. The van der Waals surface area contributed by atoms with E-state index in [0.29, 0.717) is 30.0 Å². The molecule has 0 saturated heterocycles. The minimum Gasteiger partial charge on any atom is -0.497 e. The fraction of sp³-hybridized carbons (Fsp3) is 0.429. The summed E-state index contributed by atoms with van der Waals surface area (Å²) in [6.07, 6.45) is 1.18. The van der Waals surface area contributed by atoms with Crippen molar-refractivity contribution in [3.05, 3.63) is 18.2 Å². The Kier molecular flexibility index (Phi) is 4.21. The molecular weight excluding hydrogens is 276 g/mol. The highest BCUT2D eigenvalue weighted by molar-refractivity contribution is 5.91. The number of benzene rings is 1. The highest BCUT2D eigenvalue weighted by Gasteiger charge is 2.50. The van der Waals surface area contributed by atoms with Crippen molar-refractivity contribution in [2.24, 2.45) is 5.41 Å². The number of carbonyl (C=O) groups is 2. The number of urea groups is 1. The number of rotatable bonds is 6. The fourth-order valence-corrected chi connectivity index (χ4v) is 1.94. The van der Waals surface area contributed by atoms with Gasteiger partial charge < -0.3 is 25.2 Å². The van der Waals surface area contributed by atoms with E-state index in [2.05, 4.69) is 10.6 Å². The molecule has 0 spiro atoms. The highest BCUT2D eigenvalue weighted by Crippen LogP contribution is 2.45. The van der Waals surface area contributed by atoms with E-state index in [-0.39, 0.29) is 6.54 Å². The normalized spacial score (nSPS) is 15.0. The Bertz CT molecular complexity index is 554. The number of carbonyl (C=O) groups excluding carboxylic acids is 1. The lowest BCUT2D eigenvalue weighted by atomic mass is 10.1. The first-order valence-electron chi connectivity index (χ1n) is 6.51. The standard InChI is InChI=1S/C14H18N2O5/c1-20-9-3-4-11(21-2)10(7-9)16-13(19)15-8-14(5-6-14)12(17)18/h3-4,7H,5-6,8H2,1-2H3,(H,17,18)(H2,15,16,19). The average Bonchev–Trinajstić information content (AvgIpc) is 3.26. The monoisotopic (exact) mass is 294 g/mol. The van der Waals surface area contributed by atoms with Crippen LogP contribution in [0, 0.1) is 5.41 Å². The van der Waals surface area contributed by atoms with Crippen LogP contribution in [-0.4, -0.2) is 37.9 Å². The first-order chi connectivity index (χ1) is 10.0. The summed E-state index contributed by atoms with van der Waals surface area (Å²) in [5, 5.41) is 14.3. The highest BCUT2D eigenvalue weighted by atomic mass is 16.5. The van der Waals surface area contributed by atoms with Gasteiger partial charge >= 0.3 is 12.0 Å². The summed E-state index contributed by atoms with van der Waals surface area (Å²) in [5.41, 5.74) is -0.343. The van der Waals surface area contributed by atoms with Crippen LogP contribution in [0.1, 0.15) is 12.8 Å². The van der Waals surface area contributed by atoms with Crippen LogP contribution >= 0.6 is 0 Å². The Balaban J connectivity index is 1.97. The number of aliphatic carboxylic acids is 1. The summed E-state index contributed by atoms with van der Waals surface area (Å²) in [4.78, 5) is 22.9. The summed E-state index contributed by atoms with van der Waals surface area (Å²) in [6.45, 7) is 0.112. The summed E-state index contributed by atoms with van der Waals surface area (Å²) in [6, 6.07) is 4.54. The molecule has 0 heterocycles. The minimum atomic E-state index is -0.873. The van der Waals surface area contributed by atoms with Crippen LogP contribution in [0.3, 0.4) is 0 Å². The SMILES string of the molecule is COc1ccc(OC)c(NC(=O)NCC2(C(=O)O)CC2)c1. The van der Waals surface area contributed by atoms with Crippen LogP contribution in [0.2, 0.25) is 0 Å². The van der Waals surface area contributed by atoms with Gasteiger partial charge in [0.2, 0.25) is 0 Å². The summed E-state index contributed by atoms with van der Waals surface area (Å²) in [7, 11) is 3.02. The molecule has 3 N–H and O–H groups in total. The molecule has 1 aliphatic carbocycles. The maximum atomic E-state index is 11.9. The van der Waals surface area contributed by atoms with E-state index in [0.717, 1.165) is 0 Å². The number of hydrogen-bond donors (Lipinski definition) is 3. The Morgan fingerprint density at radius 1 is 1.29 bits per heavy atom. The van der Waals surface area contributed by atoms with Crippen LogP contribution in [-0.2, 0) is 4.79 Å². The van der Waals surface area contributed by atoms with E-state index in [1.807, 2.05) is 0 Å². The second kappa shape index (κ2) is 5.90. The van der Waals surface area contributed by atoms with Crippen LogP contribution in [0.5, 0.6) is 11.5 Å². The smallest absolute Gasteiger partial charge is 0.319 e. The third-order valence-corrected chi connectivity index (χ3v) is 3.55. The molecule has 0 bridgehead atoms. The second-order valence-electron chi connectivity index (χ2n) is 4.96. The van der Waals surface area contributed by atoms with Gasteiger partial charge in [-0.1, -0.05) is 0 Å². The number of ether oxygens (including phenoxy) is 2. The van der Waals surface area contributed by atoms with Crippen LogP contribution in [0.15, 0.2) is 18.2 Å². The van der Waals surface area contributed by atoms with Gasteiger partial charge in [0.15, 0.2) is 0 Å². The summed E-state index contributed by atoms with van der Waals surface area (Å²) < 4.78 is 10.2. The van der Waals surface area contributed by atoms with E-state index in [1.54, 1.807) is 18.2 Å². The van der Waals surface area contributed by atoms with Gasteiger partial charge in [-0.05, 0) is 25.0 Å². The van der Waals surface area contributed by atoms with Gasteiger partial charge in [-0.3, -0.25) is 4.79 Å². The second-order valence-corrected chi connectivity index (χ2v) is 4.96. The molecule has 1 aromatic rings. The molecule has 1 aromatic carbocycles. The third kappa shape index (κ3) is 3.36. The predicted octanol–water partition coefficient (Wildman–Crippen LogP) is 1.69.